The minimum absolute atomic E-state index is 0.116. The Hall–Kier alpha value is -1.35. The molecule has 5 heteroatoms. The second kappa shape index (κ2) is 6.71. The Morgan fingerprint density at radius 2 is 2.32 bits per heavy atom. The number of thiophene rings is 1. The first-order valence-electron chi connectivity index (χ1n) is 6.51. The molecule has 4 nitrogen and oxygen atoms in total. The van der Waals surface area contributed by atoms with E-state index in [0.717, 1.165) is 37.2 Å². The van der Waals surface area contributed by atoms with Crippen molar-refractivity contribution in [2.45, 2.75) is 31.8 Å². The van der Waals surface area contributed by atoms with Gasteiger partial charge in [-0.25, -0.2) is 0 Å². The smallest absolute Gasteiger partial charge is 0.234 e. The van der Waals surface area contributed by atoms with Crippen LogP contribution in [-0.2, 0) is 11.3 Å². The molecule has 0 saturated carbocycles. The number of carbonyl (C=O) groups excluding carboxylic acids is 1. The van der Waals surface area contributed by atoms with Gasteiger partial charge in [-0.05, 0) is 31.5 Å². The normalized spacial score (nSPS) is 19.7. The fourth-order valence-corrected chi connectivity index (χ4v) is 3.28. The Bertz CT molecular complexity index is 500. The second-order valence-electron chi connectivity index (χ2n) is 4.66. The molecule has 1 saturated heterocycles. The summed E-state index contributed by atoms with van der Waals surface area (Å²) in [7, 11) is 0. The third-order valence-corrected chi connectivity index (χ3v) is 4.26. The molecule has 1 aromatic heterocycles. The summed E-state index contributed by atoms with van der Waals surface area (Å²) in [5, 5.41) is 0. The third-order valence-electron chi connectivity index (χ3n) is 3.28. The molecule has 19 heavy (non-hydrogen) atoms. The zero-order valence-corrected chi connectivity index (χ0v) is 11.7. The lowest BCUT2D eigenvalue weighted by atomic mass is 10.0. The molecule has 0 radical (unpaired) electrons. The zero-order chi connectivity index (χ0) is 13.7. The van der Waals surface area contributed by atoms with Crippen molar-refractivity contribution in [3.8, 4) is 11.8 Å². The van der Waals surface area contributed by atoms with Gasteiger partial charge in [0.05, 0.1) is 17.5 Å². The number of nitrogens with zero attached hydrogens (tertiary/aromatic N) is 1. The van der Waals surface area contributed by atoms with Crippen molar-refractivity contribution in [2.24, 2.45) is 11.5 Å². The Morgan fingerprint density at radius 1 is 1.47 bits per heavy atom. The van der Waals surface area contributed by atoms with Crippen LogP contribution in [0.5, 0.6) is 0 Å². The molecule has 1 aliphatic rings. The van der Waals surface area contributed by atoms with Crippen LogP contribution in [0.2, 0.25) is 0 Å². The monoisotopic (exact) mass is 277 g/mol. The van der Waals surface area contributed by atoms with Gasteiger partial charge >= 0.3 is 0 Å². The van der Waals surface area contributed by atoms with E-state index in [1.165, 1.54) is 4.88 Å². The molecule has 102 valence electrons. The molecule has 2 heterocycles. The molecule has 1 aromatic rings. The highest BCUT2D eigenvalue weighted by Crippen LogP contribution is 2.23. The highest BCUT2D eigenvalue weighted by molar-refractivity contribution is 7.12. The van der Waals surface area contributed by atoms with E-state index in [1.807, 2.05) is 6.07 Å². The van der Waals surface area contributed by atoms with Crippen molar-refractivity contribution < 1.29 is 4.79 Å². The van der Waals surface area contributed by atoms with Crippen molar-refractivity contribution in [1.82, 2.24) is 4.90 Å². The molecule has 0 spiro atoms. The molecule has 1 fully saturated rings. The van der Waals surface area contributed by atoms with Crippen LogP contribution in [0.25, 0.3) is 0 Å². The zero-order valence-electron chi connectivity index (χ0n) is 10.9. The van der Waals surface area contributed by atoms with E-state index in [-0.39, 0.29) is 11.9 Å². The van der Waals surface area contributed by atoms with Crippen molar-refractivity contribution in [3.05, 3.63) is 21.9 Å². The number of likely N-dealkylation sites (tertiary alicyclic amines) is 1. The van der Waals surface area contributed by atoms with E-state index >= 15 is 0 Å². The fraction of sp³-hybridized carbons (Fsp3) is 0.500. The summed E-state index contributed by atoms with van der Waals surface area (Å²) in [4.78, 5) is 15.9. The van der Waals surface area contributed by atoms with Crippen LogP contribution in [0.1, 0.15) is 29.0 Å². The van der Waals surface area contributed by atoms with Gasteiger partial charge in [-0.1, -0.05) is 18.3 Å². The first-order valence-corrected chi connectivity index (χ1v) is 7.33. The largest absolute Gasteiger partial charge is 0.368 e. The van der Waals surface area contributed by atoms with E-state index < -0.39 is 0 Å². The number of rotatable bonds is 3. The van der Waals surface area contributed by atoms with Crippen LogP contribution in [0, 0.1) is 11.8 Å². The van der Waals surface area contributed by atoms with Gasteiger partial charge in [-0.2, -0.15) is 0 Å². The lowest BCUT2D eigenvalue weighted by Gasteiger charge is -2.33. The molecule has 4 N–H and O–H groups in total. The van der Waals surface area contributed by atoms with E-state index in [4.69, 9.17) is 11.5 Å². The van der Waals surface area contributed by atoms with Gasteiger partial charge < -0.3 is 11.5 Å². The van der Waals surface area contributed by atoms with Crippen molar-refractivity contribution in [3.63, 3.8) is 0 Å². The minimum atomic E-state index is -0.209. The molecule has 1 unspecified atom stereocenters. The van der Waals surface area contributed by atoms with Crippen LogP contribution in [-0.4, -0.2) is 29.9 Å². The van der Waals surface area contributed by atoms with Gasteiger partial charge in [0.1, 0.15) is 0 Å². The van der Waals surface area contributed by atoms with Crippen LogP contribution in [0.4, 0.5) is 0 Å². The molecule has 0 aromatic carbocycles. The Kier molecular flexibility index (Phi) is 4.97. The van der Waals surface area contributed by atoms with Crippen molar-refractivity contribution >= 4 is 17.2 Å². The Labute approximate surface area is 117 Å². The summed E-state index contributed by atoms with van der Waals surface area (Å²) in [6.07, 6.45) is 3.09. The van der Waals surface area contributed by atoms with Gasteiger partial charge in [-0.15, -0.1) is 11.3 Å². The van der Waals surface area contributed by atoms with Crippen LogP contribution >= 0.6 is 11.3 Å². The van der Waals surface area contributed by atoms with Gasteiger partial charge in [0.25, 0.3) is 0 Å². The predicted octanol–water partition coefficient (Wildman–Crippen LogP) is 0.898. The first kappa shape index (κ1) is 14.1. The summed E-state index contributed by atoms with van der Waals surface area (Å²) >= 11 is 1.66. The summed E-state index contributed by atoms with van der Waals surface area (Å²) in [5.41, 5.74) is 10.8. The number of amides is 1. The molecular formula is C14H19N3OS. The number of primary amides is 1. The minimum Gasteiger partial charge on any atom is -0.368 e. The van der Waals surface area contributed by atoms with Crippen LogP contribution in [0.3, 0.4) is 0 Å². The number of carbonyl (C=O) groups is 1. The summed E-state index contributed by atoms with van der Waals surface area (Å²) in [5.74, 6) is 5.67. The predicted molar refractivity (Wildman–Crippen MR) is 77.5 cm³/mol. The second-order valence-corrected chi connectivity index (χ2v) is 5.82. The lowest BCUT2D eigenvalue weighted by molar-refractivity contribution is -0.124. The summed E-state index contributed by atoms with van der Waals surface area (Å²) in [6.45, 7) is 2.10. The number of hydrogen-bond acceptors (Lipinski definition) is 4. The SMILES string of the molecule is NCC#Cc1ccc(CN2CCCCC2C(N)=O)s1. The summed E-state index contributed by atoms with van der Waals surface area (Å²) < 4.78 is 0. The molecule has 1 atom stereocenters. The van der Waals surface area contributed by atoms with Crippen molar-refractivity contribution in [2.75, 3.05) is 13.1 Å². The van der Waals surface area contributed by atoms with Gasteiger partial charge in [0.15, 0.2) is 0 Å². The van der Waals surface area contributed by atoms with E-state index in [1.54, 1.807) is 11.3 Å². The Morgan fingerprint density at radius 3 is 3.05 bits per heavy atom. The van der Waals surface area contributed by atoms with E-state index in [9.17, 15) is 4.79 Å². The quantitative estimate of drug-likeness (QED) is 0.806. The highest BCUT2D eigenvalue weighted by Gasteiger charge is 2.26. The summed E-state index contributed by atoms with van der Waals surface area (Å²) in [6, 6.07) is 3.96. The topological polar surface area (TPSA) is 72.3 Å². The first-order chi connectivity index (χ1) is 9.20. The average molecular weight is 277 g/mol. The fourth-order valence-electron chi connectivity index (χ4n) is 2.37. The van der Waals surface area contributed by atoms with Gasteiger partial charge in [0, 0.05) is 11.4 Å². The van der Waals surface area contributed by atoms with E-state index in [2.05, 4.69) is 22.8 Å². The molecule has 1 amide bonds. The maximum atomic E-state index is 11.4. The molecule has 2 rings (SSSR count). The third kappa shape index (κ3) is 3.80. The van der Waals surface area contributed by atoms with Crippen LogP contribution < -0.4 is 11.5 Å². The average Bonchev–Trinajstić information content (AvgIpc) is 2.84. The maximum Gasteiger partial charge on any atom is 0.234 e. The standard InChI is InChI=1S/C14H19N3OS/c15-8-3-4-11-6-7-12(19-11)10-17-9-2-1-5-13(17)14(16)18/h6-7,13H,1-2,5,8-10,15H2,(H2,16,18). The number of nitrogens with two attached hydrogens (primary N) is 2. The van der Waals surface area contributed by atoms with Crippen molar-refractivity contribution in [1.29, 1.82) is 0 Å². The van der Waals surface area contributed by atoms with Crippen LogP contribution in [0.15, 0.2) is 12.1 Å². The number of piperidine rings is 1. The molecule has 1 aliphatic heterocycles. The van der Waals surface area contributed by atoms with Gasteiger partial charge in [-0.3, -0.25) is 9.69 Å². The Balaban J connectivity index is 2.02. The number of hydrogen-bond donors (Lipinski definition) is 2. The highest BCUT2D eigenvalue weighted by atomic mass is 32.1. The van der Waals surface area contributed by atoms with Gasteiger partial charge in [0.2, 0.25) is 5.91 Å². The maximum absolute atomic E-state index is 11.4. The molecular weight excluding hydrogens is 258 g/mol. The van der Waals surface area contributed by atoms with E-state index in [0.29, 0.717) is 6.54 Å². The lowest BCUT2D eigenvalue weighted by Crippen LogP contribution is -2.46. The molecule has 0 aliphatic carbocycles. The molecule has 0 bridgehead atoms.